The van der Waals surface area contributed by atoms with Crippen LogP contribution >= 0.6 is 0 Å². The first-order valence-electron chi connectivity index (χ1n) is 8.20. The summed E-state index contributed by atoms with van der Waals surface area (Å²) in [6.07, 6.45) is 6.58. The fourth-order valence-corrected chi connectivity index (χ4v) is 3.95. The molecular formula is C18H25N3. The first-order chi connectivity index (χ1) is 10.2. The Morgan fingerprint density at radius 1 is 1.29 bits per heavy atom. The van der Waals surface area contributed by atoms with Gasteiger partial charge in [0.15, 0.2) is 0 Å². The van der Waals surface area contributed by atoms with E-state index in [2.05, 4.69) is 35.2 Å². The molecule has 1 saturated carbocycles. The summed E-state index contributed by atoms with van der Waals surface area (Å²) >= 11 is 0. The fourth-order valence-electron chi connectivity index (χ4n) is 3.95. The molecule has 2 atom stereocenters. The van der Waals surface area contributed by atoms with Crippen molar-refractivity contribution in [2.45, 2.75) is 50.6 Å². The van der Waals surface area contributed by atoms with Crippen LogP contribution in [-0.4, -0.2) is 23.5 Å². The summed E-state index contributed by atoms with van der Waals surface area (Å²) in [4.78, 5) is 2.54. The highest BCUT2D eigenvalue weighted by Gasteiger charge is 2.39. The zero-order valence-corrected chi connectivity index (χ0v) is 12.7. The van der Waals surface area contributed by atoms with Gasteiger partial charge in [0.05, 0.1) is 6.07 Å². The van der Waals surface area contributed by atoms with Gasteiger partial charge >= 0.3 is 0 Å². The van der Waals surface area contributed by atoms with Gasteiger partial charge in [-0.1, -0.05) is 30.7 Å². The molecule has 2 N–H and O–H groups in total. The van der Waals surface area contributed by atoms with Gasteiger partial charge in [0.2, 0.25) is 0 Å². The number of nitriles is 1. The fraction of sp³-hybridized carbons (Fsp3) is 0.611. The van der Waals surface area contributed by atoms with E-state index < -0.39 is 5.54 Å². The van der Waals surface area contributed by atoms with Crippen LogP contribution in [-0.2, 0) is 13.0 Å². The van der Waals surface area contributed by atoms with Gasteiger partial charge in [0, 0.05) is 6.54 Å². The molecule has 2 aliphatic rings. The van der Waals surface area contributed by atoms with Crippen molar-refractivity contribution < 1.29 is 0 Å². The van der Waals surface area contributed by atoms with Crippen LogP contribution in [0.4, 0.5) is 0 Å². The molecule has 3 rings (SSSR count). The molecule has 1 aliphatic carbocycles. The van der Waals surface area contributed by atoms with Crippen LogP contribution in [0.2, 0.25) is 0 Å². The van der Waals surface area contributed by atoms with Gasteiger partial charge in [-0.15, -0.1) is 0 Å². The lowest BCUT2D eigenvalue weighted by Gasteiger charge is -2.27. The normalized spacial score (nSPS) is 29.6. The summed E-state index contributed by atoms with van der Waals surface area (Å²) < 4.78 is 0. The molecule has 0 aromatic heterocycles. The summed E-state index contributed by atoms with van der Waals surface area (Å²) in [5.74, 6) is 0.376. The van der Waals surface area contributed by atoms with Crippen molar-refractivity contribution in [2.75, 3.05) is 13.1 Å². The van der Waals surface area contributed by atoms with Gasteiger partial charge in [0.25, 0.3) is 0 Å². The second kappa shape index (κ2) is 6.17. The van der Waals surface area contributed by atoms with Crippen LogP contribution in [0.3, 0.4) is 0 Å². The molecule has 1 aromatic carbocycles. The number of rotatable bonds is 3. The lowest BCUT2D eigenvalue weighted by molar-refractivity contribution is 0.232. The average Bonchev–Trinajstić information content (AvgIpc) is 2.75. The number of fused-ring (bicyclic) bond motifs is 1. The Hall–Kier alpha value is -1.37. The van der Waals surface area contributed by atoms with Gasteiger partial charge in [-0.25, -0.2) is 0 Å². The van der Waals surface area contributed by atoms with Gasteiger partial charge in [-0.3, -0.25) is 4.90 Å². The first kappa shape index (κ1) is 14.6. The summed E-state index contributed by atoms with van der Waals surface area (Å²) in [7, 11) is 0. The Kier molecular flexibility index (Phi) is 4.28. The first-order valence-corrected chi connectivity index (χ1v) is 8.20. The van der Waals surface area contributed by atoms with Crippen molar-refractivity contribution in [3.63, 3.8) is 0 Å². The predicted molar refractivity (Wildman–Crippen MR) is 84.5 cm³/mol. The molecule has 0 bridgehead atoms. The third-order valence-electron chi connectivity index (χ3n) is 5.31. The smallest absolute Gasteiger partial charge is 0.107 e. The van der Waals surface area contributed by atoms with Crippen molar-refractivity contribution in [1.82, 2.24) is 4.90 Å². The van der Waals surface area contributed by atoms with Crippen LogP contribution < -0.4 is 5.73 Å². The molecular weight excluding hydrogens is 258 g/mol. The van der Waals surface area contributed by atoms with E-state index in [9.17, 15) is 5.26 Å². The van der Waals surface area contributed by atoms with Gasteiger partial charge < -0.3 is 5.73 Å². The Bertz CT molecular complexity index is 534. The minimum atomic E-state index is -0.566. The van der Waals surface area contributed by atoms with Crippen LogP contribution in [0.5, 0.6) is 0 Å². The summed E-state index contributed by atoms with van der Waals surface area (Å²) in [5.41, 5.74) is 8.66. The second-order valence-electron chi connectivity index (χ2n) is 6.68. The Morgan fingerprint density at radius 2 is 2.10 bits per heavy atom. The zero-order valence-electron chi connectivity index (χ0n) is 12.7. The van der Waals surface area contributed by atoms with Crippen LogP contribution in [0.15, 0.2) is 24.3 Å². The molecule has 1 heterocycles. The maximum absolute atomic E-state index is 9.32. The van der Waals surface area contributed by atoms with Crippen LogP contribution in [0.25, 0.3) is 0 Å². The number of nitrogens with two attached hydrogens (primary N) is 1. The van der Waals surface area contributed by atoms with Gasteiger partial charge in [-0.2, -0.15) is 5.26 Å². The van der Waals surface area contributed by atoms with E-state index in [1.165, 1.54) is 24.0 Å². The molecule has 3 nitrogen and oxygen atoms in total. The van der Waals surface area contributed by atoms with Crippen LogP contribution in [0, 0.1) is 17.2 Å². The maximum atomic E-state index is 9.32. The van der Waals surface area contributed by atoms with Crippen LogP contribution in [0.1, 0.15) is 43.2 Å². The minimum Gasteiger partial charge on any atom is -0.313 e. The van der Waals surface area contributed by atoms with Crippen molar-refractivity contribution in [3.8, 4) is 6.07 Å². The summed E-state index contributed by atoms with van der Waals surface area (Å²) in [6.45, 7) is 3.28. The quantitative estimate of drug-likeness (QED) is 0.928. The zero-order chi connectivity index (χ0) is 14.7. The molecule has 0 saturated heterocycles. The van der Waals surface area contributed by atoms with Crippen molar-refractivity contribution in [2.24, 2.45) is 11.7 Å². The van der Waals surface area contributed by atoms with Crippen molar-refractivity contribution in [1.29, 1.82) is 5.26 Å². The van der Waals surface area contributed by atoms with Gasteiger partial charge in [0.1, 0.15) is 5.54 Å². The lowest BCUT2D eigenvalue weighted by atomic mass is 9.87. The van der Waals surface area contributed by atoms with E-state index in [-0.39, 0.29) is 0 Å². The number of benzene rings is 1. The van der Waals surface area contributed by atoms with E-state index in [1.54, 1.807) is 0 Å². The minimum absolute atomic E-state index is 0.376. The molecule has 1 aromatic rings. The monoisotopic (exact) mass is 283 g/mol. The highest BCUT2D eigenvalue weighted by molar-refractivity contribution is 5.28. The number of hydrogen-bond donors (Lipinski definition) is 1. The van der Waals surface area contributed by atoms with Crippen molar-refractivity contribution in [3.05, 3.63) is 35.4 Å². The van der Waals surface area contributed by atoms with E-state index >= 15 is 0 Å². The Labute approximate surface area is 127 Å². The third kappa shape index (κ3) is 3.12. The Morgan fingerprint density at radius 3 is 2.90 bits per heavy atom. The number of nitrogens with zero attached hydrogens (tertiary/aromatic N) is 2. The highest BCUT2D eigenvalue weighted by atomic mass is 15.1. The lowest BCUT2D eigenvalue weighted by Crippen LogP contribution is -2.43. The number of aryl methyl sites for hydroxylation is 1. The average molecular weight is 283 g/mol. The van der Waals surface area contributed by atoms with Crippen molar-refractivity contribution >= 4 is 0 Å². The molecule has 112 valence electrons. The van der Waals surface area contributed by atoms with E-state index in [0.29, 0.717) is 5.92 Å². The van der Waals surface area contributed by atoms with E-state index in [1.807, 2.05) is 0 Å². The molecule has 2 unspecified atom stereocenters. The molecule has 0 radical (unpaired) electrons. The molecule has 1 aliphatic heterocycles. The topological polar surface area (TPSA) is 53.1 Å². The SMILES string of the molecule is N#CC1(N)CCCC1CCN1CCCc2ccccc2C1. The molecule has 0 amide bonds. The highest BCUT2D eigenvalue weighted by Crippen LogP contribution is 2.35. The van der Waals surface area contributed by atoms with Gasteiger partial charge in [-0.05, 0) is 62.2 Å². The number of hydrogen-bond acceptors (Lipinski definition) is 3. The summed E-state index contributed by atoms with van der Waals surface area (Å²) in [5, 5.41) is 9.32. The third-order valence-corrected chi connectivity index (χ3v) is 5.31. The molecule has 0 spiro atoms. The van der Waals surface area contributed by atoms with E-state index in [4.69, 9.17) is 5.73 Å². The predicted octanol–water partition coefficient (Wildman–Crippen LogP) is 2.85. The molecule has 21 heavy (non-hydrogen) atoms. The maximum Gasteiger partial charge on any atom is 0.107 e. The Balaban J connectivity index is 1.60. The standard InChI is InChI=1S/C18H25N3/c19-14-18(20)10-3-8-17(18)9-12-21-11-4-7-15-5-1-2-6-16(15)13-21/h1-2,5-6,17H,3-4,7-13,20H2. The largest absolute Gasteiger partial charge is 0.313 e. The summed E-state index contributed by atoms with van der Waals surface area (Å²) in [6, 6.07) is 11.2. The molecule has 1 fully saturated rings. The second-order valence-corrected chi connectivity index (χ2v) is 6.68. The van der Waals surface area contributed by atoms with E-state index in [0.717, 1.165) is 45.3 Å². The molecule has 3 heteroatoms.